The van der Waals surface area contributed by atoms with Crippen LogP contribution < -0.4 is 0 Å². The summed E-state index contributed by atoms with van der Waals surface area (Å²) in [4.78, 5) is 20.3. The maximum Gasteiger partial charge on any atom is 0.319 e. The number of aryl methyl sites for hydroxylation is 1. The van der Waals surface area contributed by atoms with Crippen LogP contribution in [-0.2, 0) is 9.53 Å². The van der Waals surface area contributed by atoms with Gasteiger partial charge in [-0.25, -0.2) is 9.97 Å². The highest BCUT2D eigenvalue weighted by Crippen LogP contribution is 2.32. The molecule has 0 spiro atoms. The van der Waals surface area contributed by atoms with Crippen LogP contribution in [0.2, 0.25) is 0 Å². The van der Waals surface area contributed by atoms with Gasteiger partial charge in [0.1, 0.15) is 16.1 Å². The number of rotatable bonds is 2. The molecule has 2 aromatic rings. The molecule has 1 aliphatic rings. The van der Waals surface area contributed by atoms with E-state index in [0.717, 1.165) is 28.2 Å². The van der Waals surface area contributed by atoms with E-state index in [0.29, 0.717) is 6.61 Å². The molecule has 1 fully saturated rings. The molecule has 0 saturated carbocycles. The molecule has 0 aliphatic carbocycles. The highest BCUT2D eigenvalue weighted by Gasteiger charge is 2.28. The van der Waals surface area contributed by atoms with Crippen molar-refractivity contribution in [1.82, 2.24) is 9.97 Å². The van der Waals surface area contributed by atoms with E-state index >= 15 is 0 Å². The van der Waals surface area contributed by atoms with Gasteiger partial charge in [0.25, 0.3) is 0 Å². The van der Waals surface area contributed by atoms with E-state index in [1.807, 2.05) is 31.2 Å². The van der Waals surface area contributed by atoms with Crippen molar-refractivity contribution in [3.63, 3.8) is 0 Å². The number of hydrogen-bond donors (Lipinski definition) is 0. The standard InChI is InChI=1S/C13H12N2O2S/c1-8-14-10-5-3-2-4-9(10)12(15-8)18-11-6-7-17-13(11)16/h2-5,11H,6-7H2,1H3. The third-order valence-electron chi connectivity index (χ3n) is 2.82. The van der Waals surface area contributed by atoms with E-state index in [4.69, 9.17) is 4.74 Å². The minimum atomic E-state index is -0.139. The number of hydrogen-bond acceptors (Lipinski definition) is 5. The molecule has 5 heteroatoms. The van der Waals surface area contributed by atoms with Gasteiger partial charge in [-0.3, -0.25) is 4.79 Å². The summed E-state index contributed by atoms with van der Waals surface area (Å²) in [6.07, 6.45) is 0.751. The van der Waals surface area contributed by atoms with Gasteiger partial charge in [-0.2, -0.15) is 0 Å². The SMILES string of the molecule is Cc1nc(SC2CCOC2=O)c2ccccc2n1. The molecular formula is C13H12N2O2S. The van der Waals surface area contributed by atoms with Crippen molar-refractivity contribution in [1.29, 1.82) is 0 Å². The molecule has 92 valence electrons. The van der Waals surface area contributed by atoms with E-state index in [1.54, 1.807) is 0 Å². The second kappa shape index (κ2) is 4.57. The Morgan fingerprint density at radius 2 is 2.17 bits per heavy atom. The first-order chi connectivity index (χ1) is 8.74. The summed E-state index contributed by atoms with van der Waals surface area (Å²) in [6, 6.07) is 7.85. The van der Waals surface area contributed by atoms with Crippen LogP contribution in [0, 0.1) is 6.92 Å². The second-order valence-electron chi connectivity index (χ2n) is 4.16. The molecular weight excluding hydrogens is 248 g/mol. The van der Waals surface area contributed by atoms with Crippen LogP contribution in [0.25, 0.3) is 10.9 Å². The maximum absolute atomic E-state index is 11.5. The lowest BCUT2D eigenvalue weighted by atomic mass is 10.2. The molecule has 1 unspecified atom stereocenters. The number of fused-ring (bicyclic) bond motifs is 1. The molecule has 1 aromatic carbocycles. The monoisotopic (exact) mass is 260 g/mol. The smallest absolute Gasteiger partial charge is 0.319 e. The third kappa shape index (κ3) is 2.06. The van der Waals surface area contributed by atoms with Gasteiger partial charge in [0.05, 0.1) is 12.1 Å². The van der Waals surface area contributed by atoms with Gasteiger partial charge in [-0.05, 0) is 13.0 Å². The first-order valence-corrected chi connectivity index (χ1v) is 6.69. The molecule has 0 radical (unpaired) electrons. The number of cyclic esters (lactones) is 1. The molecule has 0 N–H and O–H groups in total. The number of esters is 1. The number of benzene rings is 1. The summed E-state index contributed by atoms with van der Waals surface area (Å²) in [5, 5.41) is 1.72. The predicted molar refractivity (Wildman–Crippen MR) is 69.5 cm³/mol. The van der Waals surface area contributed by atoms with E-state index in [1.165, 1.54) is 11.8 Å². The second-order valence-corrected chi connectivity index (χ2v) is 5.35. The van der Waals surface area contributed by atoms with Crippen LogP contribution in [0.15, 0.2) is 29.3 Å². The molecule has 3 rings (SSSR count). The normalized spacial score (nSPS) is 19.2. The first kappa shape index (κ1) is 11.5. The Morgan fingerprint density at radius 1 is 1.33 bits per heavy atom. The zero-order valence-electron chi connectivity index (χ0n) is 9.92. The lowest BCUT2D eigenvalue weighted by molar-refractivity contribution is -0.137. The van der Waals surface area contributed by atoms with Gasteiger partial charge >= 0.3 is 5.97 Å². The van der Waals surface area contributed by atoms with Crippen molar-refractivity contribution in [2.45, 2.75) is 23.6 Å². The Kier molecular flexibility index (Phi) is 2.91. The molecule has 4 nitrogen and oxygen atoms in total. The summed E-state index contributed by atoms with van der Waals surface area (Å²) in [5.74, 6) is 0.586. The average molecular weight is 260 g/mol. The molecule has 2 heterocycles. The quantitative estimate of drug-likeness (QED) is 0.613. The van der Waals surface area contributed by atoms with Crippen molar-refractivity contribution < 1.29 is 9.53 Å². The Bertz CT molecular complexity index is 615. The largest absolute Gasteiger partial charge is 0.465 e. The Morgan fingerprint density at radius 3 is 2.94 bits per heavy atom. The molecule has 18 heavy (non-hydrogen) atoms. The maximum atomic E-state index is 11.5. The summed E-state index contributed by atoms with van der Waals surface area (Å²) in [5.41, 5.74) is 0.916. The van der Waals surface area contributed by atoms with Crippen LogP contribution >= 0.6 is 11.8 Å². The van der Waals surface area contributed by atoms with Gasteiger partial charge in [0.2, 0.25) is 0 Å². The fourth-order valence-corrected chi connectivity index (χ4v) is 3.10. The minimum absolute atomic E-state index is 0.136. The third-order valence-corrected chi connectivity index (χ3v) is 4.07. The van der Waals surface area contributed by atoms with Crippen molar-refractivity contribution in [3.05, 3.63) is 30.1 Å². The molecule has 0 amide bonds. The number of aromatic nitrogens is 2. The lowest BCUT2D eigenvalue weighted by Crippen LogP contribution is -2.10. The first-order valence-electron chi connectivity index (χ1n) is 5.81. The fraction of sp³-hybridized carbons (Fsp3) is 0.308. The average Bonchev–Trinajstić information content (AvgIpc) is 2.75. The fourth-order valence-electron chi connectivity index (χ4n) is 1.97. The Labute approximate surface area is 109 Å². The number of thioether (sulfide) groups is 1. The number of para-hydroxylation sites is 1. The van der Waals surface area contributed by atoms with Gasteiger partial charge in [-0.15, -0.1) is 0 Å². The Balaban J connectivity index is 2.02. The predicted octanol–water partition coefficient (Wildman–Crippen LogP) is 2.35. The number of ether oxygens (including phenoxy) is 1. The Hall–Kier alpha value is -1.62. The van der Waals surface area contributed by atoms with Crippen molar-refractivity contribution in [2.24, 2.45) is 0 Å². The molecule has 1 atom stereocenters. The van der Waals surface area contributed by atoms with E-state index in [-0.39, 0.29) is 11.2 Å². The highest BCUT2D eigenvalue weighted by atomic mass is 32.2. The van der Waals surface area contributed by atoms with Crippen molar-refractivity contribution in [3.8, 4) is 0 Å². The number of nitrogens with zero attached hydrogens (tertiary/aromatic N) is 2. The molecule has 0 bridgehead atoms. The van der Waals surface area contributed by atoms with Gasteiger partial charge in [-0.1, -0.05) is 30.0 Å². The van der Waals surface area contributed by atoms with Crippen LogP contribution in [0.5, 0.6) is 0 Å². The van der Waals surface area contributed by atoms with Crippen molar-refractivity contribution >= 4 is 28.6 Å². The van der Waals surface area contributed by atoms with E-state index in [2.05, 4.69) is 9.97 Å². The van der Waals surface area contributed by atoms with Crippen LogP contribution in [0.1, 0.15) is 12.2 Å². The number of carbonyl (C=O) groups is 1. The lowest BCUT2D eigenvalue weighted by Gasteiger charge is -2.08. The summed E-state index contributed by atoms with van der Waals surface area (Å²) in [6.45, 7) is 2.38. The summed E-state index contributed by atoms with van der Waals surface area (Å²) in [7, 11) is 0. The zero-order chi connectivity index (χ0) is 12.5. The molecule has 1 aromatic heterocycles. The zero-order valence-corrected chi connectivity index (χ0v) is 10.7. The van der Waals surface area contributed by atoms with Gasteiger partial charge < -0.3 is 4.74 Å². The highest BCUT2D eigenvalue weighted by molar-refractivity contribution is 8.00. The summed E-state index contributed by atoms with van der Waals surface area (Å²) >= 11 is 1.48. The summed E-state index contributed by atoms with van der Waals surface area (Å²) < 4.78 is 4.98. The topological polar surface area (TPSA) is 52.1 Å². The minimum Gasteiger partial charge on any atom is -0.465 e. The molecule has 1 aliphatic heterocycles. The van der Waals surface area contributed by atoms with E-state index in [9.17, 15) is 4.79 Å². The van der Waals surface area contributed by atoms with Crippen LogP contribution in [0.4, 0.5) is 0 Å². The number of carbonyl (C=O) groups excluding carboxylic acids is 1. The van der Waals surface area contributed by atoms with Crippen LogP contribution in [-0.4, -0.2) is 27.8 Å². The van der Waals surface area contributed by atoms with E-state index < -0.39 is 0 Å². The van der Waals surface area contributed by atoms with Crippen molar-refractivity contribution in [2.75, 3.05) is 6.61 Å². The van der Waals surface area contributed by atoms with Gasteiger partial charge in [0, 0.05) is 11.8 Å². The van der Waals surface area contributed by atoms with Crippen LogP contribution in [0.3, 0.4) is 0 Å². The van der Waals surface area contributed by atoms with Gasteiger partial charge in [0.15, 0.2) is 0 Å². The molecule has 1 saturated heterocycles.